The van der Waals surface area contributed by atoms with E-state index in [1.165, 1.54) is 0 Å². The largest absolute Gasteiger partial charge is 0.362 e. The lowest BCUT2D eigenvalue weighted by Gasteiger charge is -2.00. The number of benzene rings is 2. The second-order valence-electron chi connectivity index (χ2n) is 4.85. The number of hydrogen-bond acceptors (Lipinski definition) is 4. The third kappa shape index (κ3) is 3.43. The Hall–Kier alpha value is -2.74. The van der Waals surface area contributed by atoms with Crippen LogP contribution in [0.4, 0.5) is 5.69 Å². The molecule has 1 aromatic heterocycles. The molecule has 0 bridgehead atoms. The Morgan fingerprint density at radius 3 is 2.71 bits per heavy atom. The number of aromatic nitrogens is 1. The molecule has 6 heteroatoms. The third-order valence-electron chi connectivity index (χ3n) is 3.27. The van der Waals surface area contributed by atoms with Gasteiger partial charge in [0, 0.05) is 28.5 Å². The van der Waals surface area contributed by atoms with Gasteiger partial charge >= 0.3 is 0 Å². The molecule has 1 N–H and O–H groups in total. The summed E-state index contributed by atoms with van der Waals surface area (Å²) in [7, 11) is 0. The van der Waals surface area contributed by atoms with Gasteiger partial charge in [-0.25, -0.2) is 0 Å². The van der Waals surface area contributed by atoms with Crippen LogP contribution in [0.2, 0.25) is 10.0 Å². The van der Waals surface area contributed by atoms with Crippen molar-refractivity contribution in [3.05, 3.63) is 76.1 Å². The van der Waals surface area contributed by atoms with Gasteiger partial charge in [0.05, 0.1) is 5.02 Å². The molecule has 1 heterocycles. The van der Waals surface area contributed by atoms with Gasteiger partial charge in [-0.2, -0.15) is 5.26 Å². The molecule has 0 unspecified atom stereocenters. The number of halogens is 2. The fourth-order valence-corrected chi connectivity index (χ4v) is 2.57. The molecule has 118 valence electrons. The second kappa shape index (κ2) is 7.22. The molecular weight excluding hydrogens is 345 g/mol. The smallest absolute Gasteiger partial charge is 0.179 e. The van der Waals surface area contributed by atoms with Crippen LogP contribution in [-0.4, -0.2) is 5.16 Å². The van der Waals surface area contributed by atoms with Gasteiger partial charge in [0.15, 0.2) is 5.76 Å². The number of nitriles is 1. The lowest BCUT2D eigenvalue weighted by molar-refractivity contribution is 0.415. The quantitative estimate of drug-likeness (QED) is 0.661. The second-order valence-corrected chi connectivity index (χ2v) is 5.69. The SMILES string of the molecule is N#Cc1c(-c2ccccc2Cl)noc1/C=C/Nc1cccc(Cl)c1. The number of hydrogen-bond donors (Lipinski definition) is 1. The summed E-state index contributed by atoms with van der Waals surface area (Å²) in [6, 6.07) is 16.6. The Morgan fingerprint density at radius 2 is 1.96 bits per heavy atom. The maximum atomic E-state index is 9.43. The fourth-order valence-electron chi connectivity index (χ4n) is 2.15. The van der Waals surface area contributed by atoms with Crippen molar-refractivity contribution in [2.45, 2.75) is 0 Å². The summed E-state index contributed by atoms with van der Waals surface area (Å²) in [6.07, 6.45) is 3.29. The molecule has 2 aromatic carbocycles. The van der Waals surface area contributed by atoms with Crippen molar-refractivity contribution in [1.82, 2.24) is 5.16 Å². The van der Waals surface area contributed by atoms with Gasteiger partial charge in [-0.05, 0) is 24.3 Å². The summed E-state index contributed by atoms with van der Waals surface area (Å²) < 4.78 is 5.27. The van der Waals surface area contributed by atoms with Gasteiger partial charge in [-0.1, -0.05) is 52.6 Å². The molecule has 4 nitrogen and oxygen atoms in total. The van der Waals surface area contributed by atoms with Crippen LogP contribution in [0.15, 0.2) is 59.3 Å². The van der Waals surface area contributed by atoms with Crippen LogP contribution in [0, 0.1) is 11.3 Å². The van der Waals surface area contributed by atoms with Crippen LogP contribution < -0.4 is 5.32 Å². The predicted molar refractivity (Wildman–Crippen MR) is 95.8 cm³/mol. The first-order valence-electron chi connectivity index (χ1n) is 7.02. The summed E-state index contributed by atoms with van der Waals surface area (Å²) in [5.74, 6) is 0.349. The van der Waals surface area contributed by atoms with Gasteiger partial charge < -0.3 is 9.84 Å². The standard InChI is InChI=1S/C18H11Cl2N3O/c19-12-4-3-5-13(10-12)22-9-8-17-15(11-21)18(23-24-17)14-6-1-2-7-16(14)20/h1-10,22H/b9-8+. The van der Waals surface area contributed by atoms with E-state index in [1.54, 1.807) is 36.5 Å². The van der Waals surface area contributed by atoms with Crippen molar-refractivity contribution in [1.29, 1.82) is 5.26 Å². The summed E-state index contributed by atoms with van der Waals surface area (Å²) in [6.45, 7) is 0. The van der Waals surface area contributed by atoms with Crippen LogP contribution in [-0.2, 0) is 0 Å². The molecule has 0 aliphatic rings. The predicted octanol–water partition coefficient (Wildman–Crippen LogP) is 5.60. The summed E-state index contributed by atoms with van der Waals surface area (Å²) >= 11 is 12.1. The van der Waals surface area contributed by atoms with E-state index in [4.69, 9.17) is 27.7 Å². The number of rotatable bonds is 4. The zero-order chi connectivity index (χ0) is 16.9. The van der Waals surface area contributed by atoms with Crippen molar-refractivity contribution in [2.24, 2.45) is 0 Å². The van der Waals surface area contributed by atoms with Crippen LogP contribution in [0.25, 0.3) is 17.3 Å². The van der Waals surface area contributed by atoms with Crippen molar-refractivity contribution >= 4 is 35.0 Å². The molecule has 0 amide bonds. The highest BCUT2D eigenvalue weighted by molar-refractivity contribution is 6.33. The summed E-state index contributed by atoms with van der Waals surface area (Å²) in [5, 5.41) is 17.6. The minimum absolute atomic E-state index is 0.326. The molecule has 0 aliphatic heterocycles. The van der Waals surface area contributed by atoms with E-state index < -0.39 is 0 Å². The number of nitrogens with one attached hydrogen (secondary N) is 1. The number of nitrogens with zero attached hydrogens (tertiary/aromatic N) is 2. The highest BCUT2D eigenvalue weighted by Crippen LogP contribution is 2.31. The lowest BCUT2D eigenvalue weighted by atomic mass is 10.1. The maximum absolute atomic E-state index is 9.43. The van der Waals surface area contributed by atoms with Crippen LogP contribution in [0.3, 0.4) is 0 Å². The van der Waals surface area contributed by atoms with E-state index in [0.717, 1.165) is 5.69 Å². The molecule has 0 atom stereocenters. The molecule has 24 heavy (non-hydrogen) atoms. The van der Waals surface area contributed by atoms with E-state index in [-0.39, 0.29) is 0 Å². The Morgan fingerprint density at radius 1 is 1.12 bits per heavy atom. The van der Waals surface area contributed by atoms with Gasteiger partial charge in [0.25, 0.3) is 0 Å². The van der Waals surface area contributed by atoms with Gasteiger partial charge in [0.1, 0.15) is 17.3 Å². The molecule has 3 rings (SSSR count). The zero-order valence-electron chi connectivity index (χ0n) is 12.3. The van der Waals surface area contributed by atoms with Gasteiger partial charge in [-0.15, -0.1) is 0 Å². The maximum Gasteiger partial charge on any atom is 0.179 e. The molecule has 0 radical (unpaired) electrons. The lowest BCUT2D eigenvalue weighted by Crippen LogP contribution is -1.87. The molecule has 0 spiro atoms. The van der Waals surface area contributed by atoms with Crippen LogP contribution >= 0.6 is 23.2 Å². The molecule has 0 aliphatic carbocycles. The first kappa shape index (κ1) is 16.1. The molecular formula is C18H11Cl2N3O. The monoisotopic (exact) mass is 355 g/mol. The Labute approximate surface area is 148 Å². The molecule has 0 fully saturated rings. The van der Waals surface area contributed by atoms with Gasteiger partial charge in [0.2, 0.25) is 0 Å². The van der Waals surface area contributed by atoms with E-state index >= 15 is 0 Å². The van der Waals surface area contributed by atoms with Crippen molar-refractivity contribution in [2.75, 3.05) is 5.32 Å². The van der Waals surface area contributed by atoms with E-state index in [0.29, 0.717) is 32.6 Å². The van der Waals surface area contributed by atoms with E-state index in [9.17, 15) is 5.26 Å². The van der Waals surface area contributed by atoms with E-state index in [1.807, 2.05) is 24.3 Å². The Bertz CT molecular complexity index is 941. The topological polar surface area (TPSA) is 61.9 Å². The summed E-state index contributed by atoms with van der Waals surface area (Å²) in [4.78, 5) is 0. The molecule has 0 saturated heterocycles. The molecule has 0 saturated carbocycles. The summed E-state index contributed by atoms with van der Waals surface area (Å²) in [5.41, 5.74) is 2.22. The zero-order valence-corrected chi connectivity index (χ0v) is 13.8. The highest BCUT2D eigenvalue weighted by Gasteiger charge is 2.17. The fraction of sp³-hybridized carbons (Fsp3) is 0. The number of anilines is 1. The normalized spacial score (nSPS) is 10.7. The first-order valence-corrected chi connectivity index (χ1v) is 7.78. The Balaban J connectivity index is 1.86. The third-order valence-corrected chi connectivity index (χ3v) is 3.83. The highest BCUT2D eigenvalue weighted by atomic mass is 35.5. The van der Waals surface area contributed by atoms with Crippen LogP contribution in [0.1, 0.15) is 11.3 Å². The van der Waals surface area contributed by atoms with Crippen LogP contribution in [0.5, 0.6) is 0 Å². The minimum atomic E-state index is 0.326. The van der Waals surface area contributed by atoms with Crippen molar-refractivity contribution in [3.8, 4) is 17.3 Å². The minimum Gasteiger partial charge on any atom is -0.362 e. The van der Waals surface area contributed by atoms with Crippen molar-refractivity contribution < 1.29 is 4.52 Å². The average Bonchev–Trinajstić information content (AvgIpc) is 2.98. The average molecular weight is 356 g/mol. The molecule has 3 aromatic rings. The Kier molecular flexibility index (Phi) is 4.85. The van der Waals surface area contributed by atoms with E-state index in [2.05, 4.69) is 16.5 Å². The first-order chi connectivity index (χ1) is 11.7. The van der Waals surface area contributed by atoms with Gasteiger partial charge in [-0.3, -0.25) is 0 Å². The van der Waals surface area contributed by atoms with Crippen molar-refractivity contribution in [3.63, 3.8) is 0 Å².